The minimum atomic E-state index is -0.433. The van der Waals surface area contributed by atoms with Gasteiger partial charge in [-0.3, -0.25) is 4.98 Å². The molecule has 1 amide bonds. The van der Waals surface area contributed by atoms with Crippen molar-refractivity contribution < 1.29 is 9.53 Å². The Kier molecular flexibility index (Phi) is 5.06. The topological polar surface area (TPSA) is 54.5 Å². The third-order valence-corrected chi connectivity index (χ3v) is 3.99. The zero-order valence-electron chi connectivity index (χ0n) is 14.1. The van der Waals surface area contributed by atoms with Gasteiger partial charge in [0.15, 0.2) is 0 Å². The van der Waals surface area contributed by atoms with Crippen LogP contribution in [-0.4, -0.2) is 40.2 Å². The van der Waals surface area contributed by atoms with Gasteiger partial charge in [0.1, 0.15) is 5.60 Å². The number of likely N-dealkylation sites (tertiary alicyclic amines) is 1. The van der Waals surface area contributed by atoms with Gasteiger partial charge in [0, 0.05) is 37.6 Å². The number of aromatic nitrogens is 1. The summed E-state index contributed by atoms with van der Waals surface area (Å²) >= 11 is 0. The molecule has 1 aliphatic heterocycles. The molecule has 22 heavy (non-hydrogen) atoms. The number of nitrogens with one attached hydrogen (secondary N) is 1. The van der Waals surface area contributed by atoms with Crippen LogP contribution in [0, 0.1) is 0 Å². The third kappa shape index (κ3) is 4.98. The Morgan fingerprint density at radius 1 is 1.32 bits per heavy atom. The lowest BCUT2D eigenvalue weighted by molar-refractivity contribution is 0.0156. The Hall–Kier alpha value is -1.62. The fourth-order valence-corrected chi connectivity index (χ4v) is 2.50. The predicted octanol–water partition coefficient (Wildman–Crippen LogP) is 2.96. The SMILES string of the molecule is CC1(NCc2ccncc2)CCN(C(=O)OC(C)(C)C)CC1. The van der Waals surface area contributed by atoms with Crippen molar-refractivity contribution in [3.8, 4) is 0 Å². The zero-order chi connectivity index (χ0) is 16.2. The molecule has 0 radical (unpaired) electrons. The summed E-state index contributed by atoms with van der Waals surface area (Å²) in [4.78, 5) is 17.9. The van der Waals surface area contributed by atoms with Crippen LogP contribution in [0.4, 0.5) is 4.79 Å². The van der Waals surface area contributed by atoms with E-state index in [-0.39, 0.29) is 11.6 Å². The summed E-state index contributed by atoms with van der Waals surface area (Å²) in [6, 6.07) is 4.04. The van der Waals surface area contributed by atoms with E-state index in [9.17, 15) is 4.79 Å². The summed E-state index contributed by atoms with van der Waals surface area (Å²) in [5, 5.41) is 3.62. The number of carbonyl (C=O) groups excluding carboxylic acids is 1. The molecular weight excluding hydrogens is 278 g/mol. The highest BCUT2D eigenvalue weighted by molar-refractivity contribution is 5.68. The highest BCUT2D eigenvalue weighted by Crippen LogP contribution is 2.23. The van der Waals surface area contributed by atoms with Crippen molar-refractivity contribution in [2.45, 2.75) is 58.2 Å². The maximum Gasteiger partial charge on any atom is 0.410 e. The minimum Gasteiger partial charge on any atom is -0.444 e. The first-order chi connectivity index (χ1) is 10.3. The van der Waals surface area contributed by atoms with E-state index in [1.165, 1.54) is 5.56 Å². The molecule has 1 N–H and O–H groups in total. The normalized spacial score (nSPS) is 18.1. The molecule has 122 valence electrons. The van der Waals surface area contributed by atoms with Crippen LogP contribution >= 0.6 is 0 Å². The van der Waals surface area contributed by atoms with Gasteiger partial charge < -0.3 is 15.0 Å². The van der Waals surface area contributed by atoms with Gasteiger partial charge in [-0.05, 0) is 58.2 Å². The van der Waals surface area contributed by atoms with Gasteiger partial charge in [-0.25, -0.2) is 4.79 Å². The van der Waals surface area contributed by atoms with Crippen LogP contribution in [0.15, 0.2) is 24.5 Å². The van der Waals surface area contributed by atoms with Crippen LogP contribution in [0.25, 0.3) is 0 Å². The molecule has 1 aromatic rings. The Balaban J connectivity index is 1.81. The van der Waals surface area contributed by atoms with Crippen molar-refractivity contribution in [2.24, 2.45) is 0 Å². The summed E-state index contributed by atoms with van der Waals surface area (Å²) in [6.07, 6.45) is 5.27. The van der Waals surface area contributed by atoms with E-state index >= 15 is 0 Å². The molecule has 5 nitrogen and oxygen atoms in total. The van der Waals surface area contributed by atoms with Gasteiger partial charge in [0.25, 0.3) is 0 Å². The molecule has 0 aromatic carbocycles. The Morgan fingerprint density at radius 3 is 2.45 bits per heavy atom. The van der Waals surface area contributed by atoms with Crippen LogP contribution in [0.1, 0.15) is 46.1 Å². The maximum absolute atomic E-state index is 12.1. The number of rotatable bonds is 3. The lowest BCUT2D eigenvalue weighted by Gasteiger charge is -2.40. The van der Waals surface area contributed by atoms with Crippen molar-refractivity contribution >= 4 is 6.09 Å². The summed E-state index contributed by atoms with van der Waals surface area (Å²) in [7, 11) is 0. The second kappa shape index (κ2) is 6.65. The summed E-state index contributed by atoms with van der Waals surface area (Å²) < 4.78 is 5.43. The van der Waals surface area contributed by atoms with E-state index in [0.717, 1.165) is 32.5 Å². The van der Waals surface area contributed by atoms with Gasteiger partial charge in [-0.15, -0.1) is 0 Å². The van der Waals surface area contributed by atoms with Gasteiger partial charge in [-0.2, -0.15) is 0 Å². The molecule has 5 heteroatoms. The van der Waals surface area contributed by atoms with Gasteiger partial charge >= 0.3 is 6.09 Å². The van der Waals surface area contributed by atoms with Crippen LogP contribution in [0.3, 0.4) is 0 Å². The molecule has 1 aromatic heterocycles. The third-order valence-electron chi connectivity index (χ3n) is 3.99. The summed E-state index contributed by atoms with van der Waals surface area (Å²) in [6.45, 7) is 10.2. The highest BCUT2D eigenvalue weighted by Gasteiger charge is 2.33. The van der Waals surface area contributed by atoms with E-state index in [1.54, 1.807) is 4.90 Å². The fraction of sp³-hybridized carbons (Fsp3) is 0.647. The van der Waals surface area contributed by atoms with E-state index in [0.29, 0.717) is 0 Å². The van der Waals surface area contributed by atoms with Crippen molar-refractivity contribution in [2.75, 3.05) is 13.1 Å². The summed E-state index contributed by atoms with van der Waals surface area (Å²) in [5.74, 6) is 0. The fourth-order valence-electron chi connectivity index (χ4n) is 2.50. The first-order valence-corrected chi connectivity index (χ1v) is 7.89. The van der Waals surface area contributed by atoms with E-state index < -0.39 is 5.60 Å². The van der Waals surface area contributed by atoms with Crippen molar-refractivity contribution in [3.05, 3.63) is 30.1 Å². The molecule has 2 rings (SSSR count). The number of nitrogens with zero attached hydrogens (tertiary/aromatic N) is 2. The predicted molar refractivity (Wildman–Crippen MR) is 86.5 cm³/mol. The monoisotopic (exact) mass is 305 g/mol. The molecule has 0 saturated carbocycles. The molecule has 0 bridgehead atoms. The number of pyridine rings is 1. The molecule has 2 heterocycles. The second-order valence-corrected chi connectivity index (χ2v) is 7.24. The van der Waals surface area contributed by atoms with Crippen LogP contribution in [-0.2, 0) is 11.3 Å². The lowest BCUT2D eigenvalue weighted by atomic mass is 9.89. The first kappa shape index (κ1) is 16.7. The Labute approximate surface area is 133 Å². The van der Waals surface area contributed by atoms with E-state index in [1.807, 2.05) is 45.3 Å². The van der Waals surface area contributed by atoms with Crippen LogP contribution in [0.2, 0.25) is 0 Å². The number of hydrogen-bond acceptors (Lipinski definition) is 4. The quantitative estimate of drug-likeness (QED) is 0.933. The number of piperidine rings is 1. The Morgan fingerprint density at radius 2 is 1.91 bits per heavy atom. The minimum absolute atomic E-state index is 0.0573. The van der Waals surface area contributed by atoms with Gasteiger partial charge in [0.2, 0.25) is 0 Å². The molecule has 1 fully saturated rings. The average molecular weight is 305 g/mol. The van der Waals surface area contributed by atoms with Gasteiger partial charge in [-0.1, -0.05) is 0 Å². The summed E-state index contributed by atoms with van der Waals surface area (Å²) in [5.41, 5.74) is 0.852. The largest absolute Gasteiger partial charge is 0.444 e. The van der Waals surface area contributed by atoms with Crippen molar-refractivity contribution in [3.63, 3.8) is 0 Å². The molecule has 0 spiro atoms. The molecular formula is C17H27N3O2. The lowest BCUT2D eigenvalue weighted by Crippen LogP contribution is -2.53. The number of amides is 1. The van der Waals surface area contributed by atoms with Crippen molar-refractivity contribution in [1.29, 1.82) is 0 Å². The van der Waals surface area contributed by atoms with Crippen molar-refractivity contribution in [1.82, 2.24) is 15.2 Å². The zero-order valence-corrected chi connectivity index (χ0v) is 14.1. The highest BCUT2D eigenvalue weighted by atomic mass is 16.6. The van der Waals surface area contributed by atoms with E-state index in [2.05, 4.69) is 17.2 Å². The van der Waals surface area contributed by atoms with Gasteiger partial charge in [0.05, 0.1) is 0 Å². The van der Waals surface area contributed by atoms with Crippen LogP contribution < -0.4 is 5.32 Å². The average Bonchev–Trinajstić information content (AvgIpc) is 2.45. The molecule has 0 atom stereocenters. The molecule has 0 aliphatic carbocycles. The Bertz CT molecular complexity index is 488. The smallest absolute Gasteiger partial charge is 0.410 e. The van der Waals surface area contributed by atoms with E-state index in [4.69, 9.17) is 4.74 Å². The number of hydrogen-bond donors (Lipinski definition) is 1. The molecule has 0 unspecified atom stereocenters. The number of carbonyl (C=O) groups is 1. The second-order valence-electron chi connectivity index (χ2n) is 7.24. The number of ether oxygens (including phenoxy) is 1. The maximum atomic E-state index is 12.1. The van der Waals surface area contributed by atoms with Crippen LogP contribution in [0.5, 0.6) is 0 Å². The first-order valence-electron chi connectivity index (χ1n) is 7.89. The molecule has 1 aliphatic rings. The molecule has 1 saturated heterocycles. The standard InChI is InChI=1S/C17H27N3O2/c1-16(2,3)22-15(21)20-11-7-17(4,8-12-20)19-13-14-5-9-18-10-6-14/h5-6,9-10,19H,7-8,11-13H2,1-4H3.